The van der Waals surface area contributed by atoms with Crippen molar-refractivity contribution in [1.29, 1.82) is 0 Å². The van der Waals surface area contributed by atoms with Crippen molar-refractivity contribution in [3.63, 3.8) is 0 Å². The molecule has 64 heavy (non-hydrogen) atoms. The van der Waals surface area contributed by atoms with Crippen LogP contribution in [0, 0.1) is 5.41 Å². The molecule has 1 spiro atoms. The number of nitrogens with zero attached hydrogens (tertiary/aromatic N) is 8. The number of anilines is 4. The molecule has 2 aromatic carbocycles. The third kappa shape index (κ3) is 7.90. The number of hydrogen-bond donors (Lipinski definition) is 3. The van der Waals surface area contributed by atoms with Crippen molar-refractivity contribution in [2.24, 2.45) is 5.41 Å². The molecule has 10 rings (SSSR count). The molecule has 4 aromatic rings. The van der Waals surface area contributed by atoms with Crippen LogP contribution in [0.5, 0.6) is 0 Å². The number of nitrogens with one attached hydrogen (secondary N) is 3. The van der Waals surface area contributed by atoms with Crippen molar-refractivity contribution < 1.29 is 32.3 Å². The first-order valence-corrected chi connectivity index (χ1v) is 22.6. The number of carbonyl (C=O) groups excluding carboxylic acids is 4. The van der Waals surface area contributed by atoms with Crippen molar-refractivity contribution in [3.8, 4) is 0 Å². The van der Waals surface area contributed by atoms with Crippen molar-refractivity contribution in [2.45, 2.75) is 82.1 Å². The van der Waals surface area contributed by atoms with Crippen LogP contribution in [0.2, 0.25) is 5.02 Å². The highest BCUT2D eigenvalue weighted by atomic mass is 35.5. The highest BCUT2D eigenvalue weighted by Gasteiger charge is 2.50. The van der Waals surface area contributed by atoms with Crippen LogP contribution in [0.1, 0.15) is 76.9 Å². The van der Waals surface area contributed by atoms with Gasteiger partial charge in [-0.15, -0.1) is 5.10 Å². The average molecular weight is 902 g/mol. The van der Waals surface area contributed by atoms with Gasteiger partial charge in [-0.25, -0.2) is 27.5 Å². The maximum Gasteiger partial charge on any atom is 0.328 e. The number of fused-ring (bicyclic) bond motifs is 2. The summed E-state index contributed by atoms with van der Waals surface area (Å²) in [5.74, 6) is -3.24. The number of carbonyl (C=O) groups is 4. The topological polar surface area (TPSA) is 151 Å². The lowest BCUT2D eigenvalue weighted by Crippen LogP contribution is -2.60. The first-order valence-electron chi connectivity index (χ1n) is 22.2. The van der Waals surface area contributed by atoms with Gasteiger partial charge in [0.05, 0.1) is 41.2 Å². The quantitative estimate of drug-likeness (QED) is 0.193. The molecule has 19 heteroatoms. The molecule has 3 atom stereocenters. The lowest BCUT2D eigenvalue weighted by Gasteiger charge is -2.51. The summed E-state index contributed by atoms with van der Waals surface area (Å²) in [7, 11) is 1.77. The minimum absolute atomic E-state index is 0.00360. The van der Waals surface area contributed by atoms with Crippen LogP contribution in [0.25, 0.3) is 5.65 Å². The van der Waals surface area contributed by atoms with Gasteiger partial charge >= 0.3 is 6.03 Å². The smallest absolute Gasteiger partial charge is 0.328 e. The standard InChI is InChI=1S/C45H51ClF3N11O4/c1-50-33-23-38(54-60-36(24-51-40(33)60)41(62)52-32-22-31(32)47)58-15-7-29-28(3-2-4-34(29)58)25-55-14-8-37(45(48,49)26-55)56-17-10-44(11-18-56)12-19-57(20-13-44)42(63)27-5-6-30(46)35(21-27)59-16-9-39(61)53-43(59)64/h2-6,21,23-24,31-32,37,50H,7-20,22,25-26H2,1H3,(H,52,62)(H,53,61,64). The summed E-state index contributed by atoms with van der Waals surface area (Å²) in [6.07, 6.45) is 5.11. The number of alkyl halides is 3. The minimum Gasteiger partial charge on any atom is -0.385 e. The fraction of sp³-hybridized carbons (Fsp3) is 0.511. The van der Waals surface area contributed by atoms with Gasteiger partial charge in [0.15, 0.2) is 17.2 Å². The first-order chi connectivity index (χ1) is 30.8. The van der Waals surface area contributed by atoms with E-state index >= 15 is 8.78 Å². The van der Waals surface area contributed by atoms with E-state index in [4.69, 9.17) is 16.7 Å². The molecule has 3 N–H and O–H groups in total. The Hall–Kier alpha value is -5.46. The number of urea groups is 1. The molecule has 15 nitrogen and oxygen atoms in total. The van der Waals surface area contributed by atoms with Crippen LogP contribution in [0.15, 0.2) is 48.7 Å². The van der Waals surface area contributed by atoms with Gasteiger partial charge in [-0.05, 0) is 92.4 Å². The largest absolute Gasteiger partial charge is 0.385 e. The Bertz CT molecular complexity index is 2520. The van der Waals surface area contributed by atoms with Crippen molar-refractivity contribution in [3.05, 3.63) is 76.1 Å². The third-order valence-corrected chi connectivity index (χ3v) is 14.7. The highest BCUT2D eigenvalue weighted by molar-refractivity contribution is 6.34. The Morgan fingerprint density at radius 2 is 1.69 bits per heavy atom. The third-order valence-electron chi connectivity index (χ3n) is 14.4. The van der Waals surface area contributed by atoms with E-state index < -0.39 is 36.1 Å². The van der Waals surface area contributed by atoms with E-state index in [1.807, 2.05) is 39.0 Å². The summed E-state index contributed by atoms with van der Waals surface area (Å²) in [6.45, 7) is 3.73. The minimum atomic E-state index is -2.90. The predicted octanol–water partition coefficient (Wildman–Crippen LogP) is 5.63. The number of aromatic nitrogens is 3. The second kappa shape index (κ2) is 16.5. The number of imidazole rings is 1. The summed E-state index contributed by atoms with van der Waals surface area (Å²) < 4.78 is 47.5. The van der Waals surface area contributed by atoms with E-state index in [1.165, 1.54) is 15.6 Å². The van der Waals surface area contributed by atoms with Gasteiger partial charge in [-0.1, -0.05) is 23.7 Å². The van der Waals surface area contributed by atoms with E-state index in [2.05, 4.69) is 25.8 Å². The molecule has 1 aliphatic carbocycles. The van der Waals surface area contributed by atoms with Crippen LogP contribution in [0.3, 0.4) is 0 Å². The van der Waals surface area contributed by atoms with E-state index in [-0.39, 0.29) is 42.4 Å². The Morgan fingerprint density at radius 3 is 2.41 bits per heavy atom. The lowest BCUT2D eigenvalue weighted by molar-refractivity contribution is -0.139. The summed E-state index contributed by atoms with van der Waals surface area (Å²) in [5, 5.41) is 13.3. The molecule has 5 amide bonds. The zero-order chi connectivity index (χ0) is 44.5. The summed E-state index contributed by atoms with van der Waals surface area (Å²) >= 11 is 6.42. The fourth-order valence-corrected chi connectivity index (χ4v) is 10.7. The zero-order valence-corrected chi connectivity index (χ0v) is 36.4. The number of piperidine rings is 3. The molecule has 5 fully saturated rings. The van der Waals surface area contributed by atoms with Crippen LogP contribution in [0.4, 0.5) is 40.8 Å². The van der Waals surface area contributed by atoms with E-state index in [0.29, 0.717) is 98.5 Å². The van der Waals surface area contributed by atoms with Gasteiger partial charge in [-0.3, -0.25) is 34.4 Å². The molecule has 4 saturated heterocycles. The predicted molar refractivity (Wildman–Crippen MR) is 234 cm³/mol. The molecular weight excluding hydrogens is 851 g/mol. The molecule has 6 aliphatic rings. The lowest BCUT2D eigenvalue weighted by atomic mass is 9.70. The van der Waals surface area contributed by atoms with Gasteiger partial charge in [0, 0.05) is 76.5 Å². The number of hydrogen-bond acceptors (Lipinski definition) is 10. The number of rotatable bonds is 9. The normalized spacial score (nSPS) is 24.5. The Kier molecular flexibility index (Phi) is 11.0. The molecule has 0 radical (unpaired) electrons. The van der Waals surface area contributed by atoms with Crippen LogP contribution >= 0.6 is 11.6 Å². The van der Waals surface area contributed by atoms with E-state index in [0.717, 1.165) is 42.5 Å². The maximum atomic E-state index is 16.2. The van der Waals surface area contributed by atoms with E-state index in [1.54, 1.807) is 25.2 Å². The summed E-state index contributed by atoms with van der Waals surface area (Å²) in [4.78, 5) is 64.4. The highest BCUT2D eigenvalue weighted by Crippen LogP contribution is 2.45. The maximum absolute atomic E-state index is 16.2. The van der Waals surface area contributed by atoms with Crippen molar-refractivity contribution in [2.75, 3.05) is 74.5 Å². The van der Waals surface area contributed by atoms with Gasteiger partial charge in [0.25, 0.3) is 17.7 Å². The van der Waals surface area contributed by atoms with E-state index in [9.17, 15) is 23.6 Å². The first kappa shape index (κ1) is 42.5. The Labute approximate surface area is 373 Å². The van der Waals surface area contributed by atoms with Gasteiger partial charge in [-0.2, -0.15) is 0 Å². The average Bonchev–Trinajstić information content (AvgIpc) is 3.59. The number of amides is 5. The van der Waals surface area contributed by atoms with Crippen LogP contribution in [-0.4, -0.2) is 137 Å². The number of halogens is 4. The van der Waals surface area contributed by atoms with Gasteiger partial charge < -0.3 is 20.4 Å². The molecule has 3 unspecified atom stereocenters. The monoisotopic (exact) mass is 901 g/mol. The summed E-state index contributed by atoms with van der Waals surface area (Å²) in [6, 6.07) is 10.8. The molecule has 1 saturated carbocycles. The van der Waals surface area contributed by atoms with Gasteiger partial charge in [0.2, 0.25) is 5.91 Å². The molecule has 2 aromatic heterocycles. The second-order valence-electron chi connectivity index (χ2n) is 18.2. The van der Waals surface area contributed by atoms with Crippen molar-refractivity contribution >= 4 is 63.9 Å². The molecule has 5 aliphatic heterocycles. The zero-order valence-electron chi connectivity index (χ0n) is 35.6. The Balaban J connectivity index is 0.747. The molecular formula is C45H51ClF3N11O4. The van der Waals surface area contributed by atoms with Crippen LogP contribution < -0.4 is 25.8 Å². The number of benzene rings is 2. The molecule has 338 valence electrons. The SMILES string of the molecule is CNc1cc(N2CCc3c(CN4CCC(N5CCC6(CCN(C(=O)c7ccc(Cl)c(N8CCC(=O)NC8=O)c7)CC6)CC5)C(F)(F)C4)cccc32)nn2c(C(=O)NC3CC3F)cnc12. The number of imide groups is 1. The number of likely N-dealkylation sites (tertiary alicyclic amines) is 3. The Morgan fingerprint density at radius 1 is 0.938 bits per heavy atom. The fourth-order valence-electron chi connectivity index (χ4n) is 10.5. The second-order valence-corrected chi connectivity index (χ2v) is 18.6. The van der Waals surface area contributed by atoms with Gasteiger partial charge in [0.1, 0.15) is 6.17 Å². The molecule has 0 bridgehead atoms. The molecule has 7 heterocycles. The van der Waals surface area contributed by atoms with Crippen molar-refractivity contribution in [1.82, 2.24) is 39.9 Å². The van der Waals surface area contributed by atoms with Crippen LogP contribution in [-0.2, 0) is 17.8 Å². The summed E-state index contributed by atoms with van der Waals surface area (Å²) in [5.41, 5.74) is 5.18.